The Morgan fingerprint density at radius 3 is 2.25 bits per heavy atom. The van der Waals surface area contributed by atoms with Crippen LogP contribution >= 0.6 is 0 Å². The first-order valence-electron chi connectivity index (χ1n) is 5.26. The van der Waals surface area contributed by atoms with Gasteiger partial charge in [0.25, 0.3) is 0 Å². The summed E-state index contributed by atoms with van der Waals surface area (Å²) in [6.07, 6.45) is 0. The van der Waals surface area contributed by atoms with Gasteiger partial charge >= 0.3 is 0 Å². The Morgan fingerprint density at radius 1 is 1.25 bits per heavy atom. The third-order valence-electron chi connectivity index (χ3n) is 2.79. The van der Waals surface area contributed by atoms with Gasteiger partial charge in [-0.1, -0.05) is 0 Å². The van der Waals surface area contributed by atoms with Crippen LogP contribution in [0.25, 0.3) is 0 Å². The highest BCUT2D eigenvalue weighted by Gasteiger charge is 2.21. The van der Waals surface area contributed by atoms with E-state index in [-0.39, 0.29) is 5.54 Å². The summed E-state index contributed by atoms with van der Waals surface area (Å²) in [5, 5.41) is 8.66. The molecule has 0 spiro atoms. The average molecular weight is 224 g/mol. The van der Waals surface area contributed by atoms with E-state index in [1.807, 2.05) is 26.2 Å². The Kier molecular flexibility index (Phi) is 4.15. The zero-order chi connectivity index (χ0) is 12.2. The molecule has 0 aromatic heterocycles. The van der Waals surface area contributed by atoms with E-state index in [1.54, 1.807) is 12.1 Å². The fourth-order valence-electron chi connectivity index (χ4n) is 1.01. The number of benzene rings is 1. The Labute approximate surface area is 96.8 Å². The second-order valence-corrected chi connectivity index (χ2v) is 4.63. The summed E-state index contributed by atoms with van der Waals surface area (Å²) < 4.78 is 5.68. The van der Waals surface area contributed by atoms with Crippen LogP contribution in [0.4, 0.5) is 5.69 Å². The van der Waals surface area contributed by atoms with Crippen LogP contribution < -0.4 is 10.2 Å². The van der Waals surface area contributed by atoms with E-state index in [0.29, 0.717) is 12.3 Å². The first-order valence-corrected chi connectivity index (χ1v) is 5.26. The highest BCUT2D eigenvalue weighted by atomic mass is 16.5. The molecule has 0 aliphatic heterocycles. The van der Waals surface area contributed by atoms with Gasteiger partial charge in [0.2, 0.25) is 0 Å². The van der Waals surface area contributed by atoms with Gasteiger partial charge < -0.3 is 9.64 Å². The van der Waals surface area contributed by atoms with Crippen LogP contribution in [0.1, 0.15) is 13.8 Å². The molecular weight excluding hydrogens is 204 g/mol. The lowest BCUT2D eigenvalue weighted by molar-refractivity contribution is 0.114. The van der Waals surface area contributed by atoms with Gasteiger partial charge in [-0.25, -0.2) is 0 Å². The number of anilines is 1. The third kappa shape index (κ3) is 3.40. The minimum atomic E-state index is -0.00605. The fourth-order valence-corrected chi connectivity index (χ4v) is 1.01. The summed E-state index contributed by atoms with van der Waals surface area (Å²) in [7, 11) is 4.06. The predicted molar refractivity (Wildman–Crippen MR) is 65.1 cm³/mol. The maximum atomic E-state index is 8.66. The Morgan fingerprint density at radius 2 is 1.81 bits per heavy atom. The van der Waals surface area contributed by atoms with Crippen LogP contribution in [0.5, 0.6) is 5.75 Å². The maximum absolute atomic E-state index is 8.66. The van der Waals surface area contributed by atoms with Gasteiger partial charge in [-0.3, -0.25) is 10.7 Å². The molecule has 90 valence electrons. The smallest absolute Gasteiger partial charge is 0.119 e. The van der Waals surface area contributed by atoms with Crippen LogP contribution in [0, 0.1) is 0 Å². The molecule has 1 aromatic carbocycles. The summed E-state index contributed by atoms with van der Waals surface area (Å²) in [5.74, 6) is 0.800. The molecule has 0 amide bonds. The summed E-state index contributed by atoms with van der Waals surface area (Å²) in [6, 6.07) is 7.17. The van der Waals surface area contributed by atoms with Crippen molar-refractivity contribution in [1.29, 1.82) is 0 Å². The van der Waals surface area contributed by atoms with E-state index < -0.39 is 0 Å². The SMILES string of the molecule is CN(C)C(C)(C)COc1ccc(NO)cc1. The van der Waals surface area contributed by atoms with Crippen LogP contribution in [-0.4, -0.2) is 36.3 Å². The number of ether oxygens (including phenoxy) is 1. The van der Waals surface area contributed by atoms with Gasteiger partial charge in [0, 0.05) is 5.54 Å². The first kappa shape index (κ1) is 12.8. The van der Waals surface area contributed by atoms with E-state index in [0.717, 1.165) is 5.75 Å². The largest absolute Gasteiger partial charge is 0.492 e. The molecular formula is C12H20N2O2. The molecule has 1 aromatic rings. The average Bonchev–Trinajstić information content (AvgIpc) is 2.27. The molecule has 4 nitrogen and oxygen atoms in total. The highest BCUT2D eigenvalue weighted by molar-refractivity contribution is 5.44. The Balaban J connectivity index is 2.54. The number of hydrogen-bond donors (Lipinski definition) is 2. The minimum absolute atomic E-state index is 0.00605. The second kappa shape index (κ2) is 5.18. The van der Waals surface area contributed by atoms with Crippen molar-refractivity contribution >= 4 is 5.69 Å². The highest BCUT2D eigenvalue weighted by Crippen LogP contribution is 2.18. The van der Waals surface area contributed by atoms with Gasteiger partial charge in [0.15, 0.2) is 0 Å². The van der Waals surface area contributed by atoms with Gasteiger partial charge in [-0.2, -0.15) is 0 Å². The van der Waals surface area contributed by atoms with Crippen LogP contribution in [0.15, 0.2) is 24.3 Å². The molecule has 0 atom stereocenters. The van der Waals surface area contributed by atoms with E-state index in [1.165, 1.54) is 0 Å². The van der Waals surface area contributed by atoms with Crippen molar-refractivity contribution in [2.24, 2.45) is 0 Å². The van der Waals surface area contributed by atoms with Crippen molar-refractivity contribution in [3.05, 3.63) is 24.3 Å². The zero-order valence-corrected chi connectivity index (χ0v) is 10.3. The Bertz CT molecular complexity index is 320. The lowest BCUT2D eigenvalue weighted by Gasteiger charge is -2.32. The first-order chi connectivity index (χ1) is 7.45. The van der Waals surface area contributed by atoms with E-state index >= 15 is 0 Å². The molecule has 16 heavy (non-hydrogen) atoms. The van der Waals surface area contributed by atoms with Crippen LogP contribution in [0.2, 0.25) is 0 Å². The molecule has 0 saturated heterocycles. The molecule has 0 fully saturated rings. The van der Waals surface area contributed by atoms with Gasteiger partial charge in [-0.05, 0) is 52.2 Å². The monoisotopic (exact) mass is 224 g/mol. The van der Waals surface area contributed by atoms with Crippen LogP contribution in [0.3, 0.4) is 0 Å². The van der Waals surface area contributed by atoms with Crippen LogP contribution in [-0.2, 0) is 0 Å². The number of rotatable bonds is 5. The molecule has 0 bridgehead atoms. The van der Waals surface area contributed by atoms with Crippen molar-refractivity contribution in [2.75, 3.05) is 26.2 Å². The lowest BCUT2D eigenvalue weighted by Crippen LogP contribution is -2.43. The van der Waals surface area contributed by atoms with Crippen molar-refractivity contribution < 1.29 is 9.94 Å². The van der Waals surface area contributed by atoms with E-state index in [9.17, 15) is 0 Å². The lowest BCUT2D eigenvalue weighted by atomic mass is 10.1. The molecule has 1 rings (SSSR count). The zero-order valence-electron chi connectivity index (χ0n) is 10.3. The van der Waals surface area contributed by atoms with Crippen molar-refractivity contribution in [3.63, 3.8) is 0 Å². The van der Waals surface area contributed by atoms with Gasteiger partial charge in [0.05, 0.1) is 5.69 Å². The molecule has 0 heterocycles. The van der Waals surface area contributed by atoms with Crippen molar-refractivity contribution in [3.8, 4) is 5.75 Å². The fraction of sp³-hybridized carbons (Fsp3) is 0.500. The maximum Gasteiger partial charge on any atom is 0.119 e. The summed E-state index contributed by atoms with van der Waals surface area (Å²) in [5.41, 5.74) is 2.73. The summed E-state index contributed by atoms with van der Waals surface area (Å²) in [6.45, 7) is 4.86. The number of likely N-dealkylation sites (N-methyl/N-ethyl adjacent to an activating group) is 1. The summed E-state index contributed by atoms with van der Waals surface area (Å²) in [4.78, 5) is 2.12. The quantitative estimate of drug-likeness (QED) is 0.753. The minimum Gasteiger partial charge on any atom is -0.492 e. The second-order valence-electron chi connectivity index (χ2n) is 4.63. The Hall–Kier alpha value is -1.26. The molecule has 0 aliphatic rings. The molecule has 2 N–H and O–H groups in total. The van der Waals surface area contributed by atoms with Gasteiger partial charge in [0.1, 0.15) is 12.4 Å². The standard InChI is InChI=1S/C12H20N2O2/c1-12(2,14(3)4)9-16-11-7-5-10(13-15)6-8-11/h5-8,13,15H,9H2,1-4H3. The normalized spacial score (nSPS) is 11.6. The molecule has 0 radical (unpaired) electrons. The van der Waals surface area contributed by atoms with E-state index in [2.05, 4.69) is 24.2 Å². The predicted octanol–water partition coefficient (Wildman–Crippen LogP) is 2.21. The number of nitrogens with zero attached hydrogens (tertiary/aromatic N) is 1. The molecule has 4 heteroatoms. The van der Waals surface area contributed by atoms with Crippen molar-refractivity contribution in [2.45, 2.75) is 19.4 Å². The molecule has 0 saturated carbocycles. The van der Waals surface area contributed by atoms with E-state index in [4.69, 9.17) is 9.94 Å². The number of nitrogens with one attached hydrogen (secondary N) is 1. The van der Waals surface area contributed by atoms with Gasteiger partial charge in [-0.15, -0.1) is 0 Å². The molecule has 0 aliphatic carbocycles. The molecule has 0 unspecified atom stereocenters. The number of hydrogen-bond acceptors (Lipinski definition) is 4. The third-order valence-corrected chi connectivity index (χ3v) is 2.79. The van der Waals surface area contributed by atoms with Crippen molar-refractivity contribution in [1.82, 2.24) is 4.90 Å². The topological polar surface area (TPSA) is 44.7 Å². The summed E-state index contributed by atoms with van der Waals surface area (Å²) >= 11 is 0.